The van der Waals surface area contributed by atoms with Crippen LogP contribution < -0.4 is 10.9 Å². The fourth-order valence-electron chi connectivity index (χ4n) is 2.55. The van der Waals surface area contributed by atoms with Crippen molar-refractivity contribution in [3.63, 3.8) is 0 Å². The zero-order valence-corrected chi connectivity index (χ0v) is 15.3. The summed E-state index contributed by atoms with van der Waals surface area (Å²) < 4.78 is 5.81. The molecule has 3 aromatic rings. The van der Waals surface area contributed by atoms with Gasteiger partial charge in [0.15, 0.2) is 0 Å². The molecule has 6 nitrogen and oxygen atoms in total. The van der Waals surface area contributed by atoms with E-state index in [1.807, 2.05) is 18.2 Å². The van der Waals surface area contributed by atoms with Crippen LogP contribution >= 0.6 is 0 Å². The summed E-state index contributed by atoms with van der Waals surface area (Å²) in [5.41, 5.74) is 8.54. The lowest BCUT2D eigenvalue weighted by Crippen LogP contribution is -2.34. The molecule has 26 heavy (non-hydrogen) atoms. The second kappa shape index (κ2) is 7.09. The summed E-state index contributed by atoms with van der Waals surface area (Å²) in [6, 6.07) is 15.1. The van der Waals surface area contributed by atoms with Gasteiger partial charge in [0.05, 0.1) is 0 Å². The molecule has 1 heterocycles. The van der Waals surface area contributed by atoms with E-state index >= 15 is 0 Å². The third-order valence-corrected chi connectivity index (χ3v) is 4.03. The first kappa shape index (κ1) is 17.8. The minimum atomic E-state index is -0.230. The quantitative estimate of drug-likeness (QED) is 0.703. The van der Waals surface area contributed by atoms with Crippen LogP contribution in [0.3, 0.4) is 0 Å². The molecule has 0 atom stereocenters. The van der Waals surface area contributed by atoms with E-state index in [2.05, 4.69) is 54.0 Å². The van der Waals surface area contributed by atoms with Crippen LogP contribution in [-0.4, -0.2) is 23.2 Å². The van der Waals surface area contributed by atoms with Crippen molar-refractivity contribution in [2.75, 3.05) is 7.05 Å². The molecule has 0 fully saturated rings. The molecule has 0 saturated heterocycles. The Morgan fingerprint density at radius 3 is 2.23 bits per heavy atom. The molecule has 2 N–H and O–H groups in total. The second-order valence-corrected chi connectivity index (χ2v) is 7.02. The third-order valence-electron chi connectivity index (χ3n) is 4.03. The van der Waals surface area contributed by atoms with E-state index in [0.29, 0.717) is 22.9 Å². The predicted molar refractivity (Wildman–Crippen MR) is 100 cm³/mol. The number of aromatic nitrogens is 2. The molecule has 0 bridgehead atoms. The molecule has 0 aliphatic heterocycles. The van der Waals surface area contributed by atoms with Gasteiger partial charge < -0.3 is 4.42 Å². The van der Waals surface area contributed by atoms with Crippen LogP contribution in [-0.2, 0) is 5.41 Å². The van der Waals surface area contributed by atoms with E-state index in [1.54, 1.807) is 25.2 Å². The summed E-state index contributed by atoms with van der Waals surface area (Å²) >= 11 is 0. The molecule has 0 saturated carbocycles. The van der Waals surface area contributed by atoms with Gasteiger partial charge in [0.25, 0.3) is 5.91 Å². The fourth-order valence-corrected chi connectivity index (χ4v) is 2.55. The molecular weight excluding hydrogens is 328 g/mol. The first-order valence-electron chi connectivity index (χ1n) is 8.40. The highest BCUT2D eigenvalue weighted by Gasteiger charge is 2.16. The molecule has 134 valence electrons. The summed E-state index contributed by atoms with van der Waals surface area (Å²) in [6.07, 6.45) is 0. The van der Waals surface area contributed by atoms with Crippen LogP contribution in [0.4, 0.5) is 0 Å². The number of hydrogen-bond acceptors (Lipinski definition) is 5. The van der Waals surface area contributed by atoms with Crippen molar-refractivity contribution < 1.29 is 9.21 Å². The monoisotopic (exact) mass is 350 g/mol. The van der Waals surface area contributed by atoms with Gasteiger partial charge in [-0.15, -0.1) is 10.2 Å². The number of carbonyl (C=O) groups is 1. The molecular formula is C20H22N4O2. The SMILES string of the molecule is CNNC(=O)c1cccc(-c2nnc(-c3ccc(C(C)(C)C)cc3)o2)c1. The zero-order valence-electron chi connectivity index (χ0n) is 15.3. The molecule has 0 unspecified atom stereocenters. The van der Waals surface area contributed by atoms with Crippen molar-refractivity contribution >= 4 is 5.91 Å². The van der Waals surface area contributed by atoms with E-state index in [4.69, 9.17) is 4.42 Å². The number of rotatable bonds is 4. The lowest BCUT2D eigenvalue weighted by molar-refractivity contribution is 0.0938. The van der Waals surface area contributed by atoms with Crippen LogP contribution in [0, 0.1) is 0 Å². The Balaban J connectivity index is 1.86. The van der Waals surface area contributed by atoms with Gasteiger partial charge in [-0.2, -0.15) is 0 Å². The van der Waals surface area contributed by atoms with E-state index < -0.39 is 0 Å². The van der Waals surface area contributed by atoms with Crippen molar-refractivity contribution in [2.45, 2.75) is 26.2 Å². The molecule has 2 aromatic carbocycles. The molecule has 0 radical (unpaired) electrons. The minimum absolute atomic E-state index is 0.0902. The maximum Gasteiger partial charge on any atom is 0.265 e. The van der Waals surface area contributed by atoms with Crippen LogP contribution in [0.15, 0.2) is 52.9 Å². The average molecular weight is 350 g/mol. The van der Waals surface area contributed by atoms with Crippen LogP contribution in [0.5, 0.6) is 0 Å². The van der Waals surface area contributed by atoms with Gasteiger partial charge in [-0.25, -0.2) is 5.43 Å². The molecule has 0 spiro atoms. The third kappa shape index (κ3) is 3.81. The van der Waals surface area contributed by atoms with Gasteiger partial charge in [-0.1, -0.05) is 39.0 Å². The van der Waals surface area contributed by atoms with Crippen LogP contribution in [0.2, 0.25) is 0 Å². The van der Waals surface area contributed by atoms with E-state index in [1.165, 1.54) is 5.56 Å². The Kier molecular flexibility index (Phi) is 4.86. The number of amides is 1. The number of hydrazine groups is 1. The first-order chi connectivity index (χ1) is 12.4. The van der Waals surface area contributed by atoms with Crippen molar-refractivity contribution in [3.8, 4) is 22.9 Å². The summed E-state index contributed by atoms with van der Waals surface area (Å²) in [5.74, 6) is 0.594. The highest BCUT2D eigenvalue weighted by molar-refractivity contribution is 5.94. The summed E-state index contributed by atoms with van der Waals surface area (Å²) in [6.45, 7) is 6.51. The normalized spacial score (nSPS) is 11.4. The Bertz CT molecular complexity index is 908. The molecule has 1 amide bonds. The lowest BCUT2D eigenvalue weighted by Gasteiger charge is -2.18. The Morgan fingerprint density at radius 2 is 1.62 bits per heavy atom. The fraction of sp³-hybridized carbons (Fsp3) is 0.250. The molecule has 0 aliphatic rings. The molecule has 3 rings (SSSR count). The summed E-state index contributed by atoms with van der Waals surface area (Å²) in [5, 5.41) is 8.25. The Labute approximate surface area is 152 Å². The first-order valence-corrected chi connectivity index (χ1v) is 8.40. The molecule has 0 aliphatic carbocycles. The number of hydrogen-bond donors (Lipinski definition) is 2. The lowest BCUT2D eigenvalue weighted by atomic mass is 9.87. The van der Waals surface area contributed by atoms with E-state index in [9.17, 15) is 4.79 Å². The van der Waals surface area contributed by atoms with Gasteiger partial charge in [0, 0.05) is 23.7 Å². The Hall–Kier alpha value is -2.99. The number of nitrogens with one attached hydrogen (secondary N) is 2. The summed E-state index contributed by atoms with van der Waals surface area (Å²) in [4.78, 5) is 11.9. The van der Waals surface area contributed by atoms with Crippen molar-refractivity contribution in [3.05, 3.63) is 59.7 Å². The van der Waals surface area contributed by atoms with Crippen LogP contribution in [0.1, 0.15) is 36.7 Å². The smallest absolute Gasteiger partial charge is 0.265 e. The average Bonchev–Trinajstić information content (AvgIpc) is 3.12. The predicted octanol–water partition coefficient (Wildman–Crippen LogP) is 3.57. The van der Waals surface area contributed by atoms with Crippen molar-refractivity contribution in [1.29, 1.82) is 0 Å². The van der Waals surface area contributed by atoms with Crippen molar-refractivity contribution in [1.82, 2.24) is 21.0 Å². The largest absolute Gasteiger partial charge is 0.416 e. The van der Waals surface area contributed by atoms with Crippen molar-refractivity contribution in [2.24, 2.45) is 0 Å². The standard InChI is InChI=1S/C20H22N4O2/c1-20(2,3)16-10-8-13(9-11-16)18-23-24-19(26-18)15-7-5-6-14(12-15)17(25)22-21-4/h5-12,21H,1-4H3,(H,22,25). The summed E-state index contributed by atoms with van der Waals surface area (Å²) in [7, 11) is 1.64. The van der Waals surface area contributed by atoms with Crippen LogP contribution in [0.25, 0.3) is 22.9 Å². The van der Waals surface area contributed by atoms with Gasteiger partial charge in [-0.3, -0.25) is 10.2 Å². The van der Waals surface area contributed by atoms with Gasteiger partial charge in [-0.05, 0) is 41.3 Å². The maximum absolute atomic E-state index is 11.9. The highest BCUT2D eigenvalue weighted by Crippen LogP contribution is 2.27. The number of carbonyl (C=O) groups excluding carboxylic acids is 1. The van der Waals surface area contributed by atoms with Gasteiger partial charge in [0.1, 0.15) is 0 Å². The topological polar surface area (TPSA) is 80.0 Å². The van der Waals surface area contributed by atoms with E-state index in [-0.39, 0.29) is 11.3 Å². The molecule has 6 heteroatoms. The second-order valence-electron chi connectivity index (χ2n) is 7.02. The molecule has 1 aromatic heterocycles. The highest BCUT2D eigenvalue weighted by atomic mass is 16.4. The maximum atomic E-state index is 11.9. The van der Waals surface area contributed by atoms with Gasteiger partial charge >= 0.3 is 0 Å². The number of benzene rings is 2. The van der Waals surface area contributed by atoms with Gasteiger partial charge in [0.2, 0.25) is 11.8 Å². The number of nitrogens with zero attached hydrogens (tertiary/aromatic N) is 2. The zero-order chi connectivity index (χ0) is 18.7. The minimum Gasteiger partial charge on any atom is -0.416 e. The van der Waals surface area contributed by atoms with E-state index in [0.717, 1.165) is 5.56 Å². The Morgan fingerprint density at radius 1 is 0.962 bits per heavy atom.